The van der Waals surface area contributed by atoms with Crippen LogP contribution in [-0.2, 0) is 15.1 Å². The largest absolute Gasteiger partial charge is 0.336 e. The molecule has 1 fully saturated rings. The molecule has 1 heterocycles. The van der Waals surface area contributed by atoms with Crippen LogP contribution in [0.1, 0.15) is 33.3 Å². The number of carbonyl (C=O) groups excluding carboxylic acids is 2. The molecule has 2 rings (SSSR count). The third-order valence-electron chi connectivity index (χ3n) is 3.82. The van der Waals surface area contributed by atoms with Crippen molar-refractivity contribution in [3.05, 3.63) is 35.9 Å². The van der Waals surface area contributed by atoms with E-state index in [-0.39, 0.29) is 11.8 Å². The maximum absolute atomic E-state index is 12.9. The predicted octanol–water partition coefficient (Wildman–Crippen LogP) is 1.90. The number of amides is 2. The van der Waals surface area contributed by atoms with E-state index in [9.17, 15) is 9.59 Å². The molecule has 2 unspecified atom stereocenters. The van der Waals surface area contributed by atoms with Gasteiger partial charge in [-0.05, 0) is 25.3 Å². The number of hydrogen-bond acceptors (Lipinski definition) is 2. The fraction of sp³-hybridized carbons (Fsp3) is 0.500. The smallest absolute Gasteiger partial charge is 0.253 e. The highest BCUT2D eigenvalue weighted by Gasteiger charge is 2.47. The van der Waals surface area contributed by atoms with Crippen molar-refractivity contribution in [3.8, 4) is 0 Å². The molecule has 1 aliphatic rings. The summed E-state index contributed by atoms with van der Waals surface area (Å²) in [5.41, 5.74) is -0.154. The van der Waals surface area contributed by atoms with E-state index in [1.807, 2.05) is 44.2 Å². The number of nitrogens with one attached hydrogen (secondary N) is 1. The van der Waals surface area contributed by atoms with Crippen molar-refractivity contribution in [2.45, 2.75) is 39.3 Å². The normalized spacial score (nSPS) is 26.9. The average molecular weight is 274 g/mol. The highest BCUT2D eigenvalue weighted by atomic mass is 16.2. The molecule has 0 saturated carbocycles. The molecule has 0 spiro atoms. The minimum atomic E-state index is -0.972. The van der Waals surface area contributed by atoms with Gasteiger partial charge in [-0.3, -0.25) is 9.59 Å². The SMILES string of the molecule is CC(C)CN1C(=O)C(C)(c2ccccc2)NC(=O)C1C. The van der Waals surface area contributed by atoms with Gasteiger partial charge in [-0.1, -0.05) is 44.2 Å². The summed E-state index contributed by atoms with van der Waals surface area (Å²) in [5.74, 6) is 0.188. The van der Waals surface area contributed by atoms with Crippen molar-refractivity contribution in [1.82, 2.24) is 10.2 Å². The van der Waals surface area contributed by atoms with E-state index in [0.717, 1.165) is 5.56 Å². The van der Waals surface area contributed by atoms with Gasteiger partial charge in [0.15, 0.2) is 0 Å². The Kier molecular flexibility index (Phi) is 3.84. The van der Waals surface area contributed by atoms with E-state index in [1.165, 1.54) is 0 Å². The summed E-state index contributed by atoms with van der Waals surface area (Å²) < 4.78 is 0. The lowest BCUT2D eigenvalue weighted by Crippen LogP contribution is -2.67. The van der Waals surface area contributed by atoms with Crippen LogP contribution in [0.5, 0.6) is 0 Å². The standard InChI is InChI=1S/C16H22N2O2/c1-11(2)10-18-12(3)14(19)17-16(4,15(18)20)13-8-6-5-7-9-13/h5-9,11-12H,10H2,1-4H3,(H,17,19). The van der Waals surface area contributed by atoms with E-state index >= 15 is 0 Å². The molecule has 2 amide bonds. The van der Waals surface area contributed by atoms with Gasteiger partial charge in [0.25, 0.3) is 5.91 Å². The van der Waals surface area contributed by atoms with Crippen LogP contribution in [0.15, 0.2) is 30.3 Å². The van der Waals surface area contributed by atoms with E-state index < -0.39 is 11.6 Å². The molecule has 20 heavy (non-hydrogen) atoms. The monoisotopic (exact) mass is 274 g/mol. The van der Waals surface area contributed by atoms with Crippen molar-refractivity contribution >= 4 is 11.8 Å². The van der Waals surface area contributed by atoms with Crippen LogP contribution in [0.2, 0.25) is 0 Å². The number of carbonyl (C=O) groups is 2. The molecule has 1 saturated heterocycles. The maximum Gasteiger partial charge on any atom is 0.253 e. The van der Waals surface area contributed by atoms with Crippen molar-refractivity contribution in [1.29, 1.82) is 0 Å². The first kappa shape index (κ1) is 14.6. The summed E-state index contributed by atoms with van der Waals surface area (Å²) in [7, 11) is 0. The van der Waals surface area contributed by atoms with Crippen LogP contribution in [0.25, 0.3) is 0 Å². The van der Waals surface area contributed by atoms with Crippen molar-refractivity contribution < 1.29 is 9.59 Å². The number of piperazine rings is 1. The van der Waals surface area contributed by atoms with Crippen LogP contribution >= 0.6 is 0 Å². The minimum absolute atomic E-state index is 0.0375. The zero-order valence-electron chi connectivity index (χ0n) is 12.5. The van der Waals surface area contributed by atoms with Gasteiger partial charge in [0.1, 0.15) is 11.6 Å². The fourth-order valence-electron chi connectivity index (χ4n) is 2.61. The molecule has 0 radical (unpaired) electrons. The summed E-state index contributed by atoms with van der Waals surface area (Å²) >= 11 is 0. The van der Waals surface area contributed by atoms with E-state index in [0.29, 0.717) is 12.5 Å². The second-order valence-corrected chi connectivity index (χ2v) is 6.01. The van der Waals surface area contributed by atoms with Crippen molar-refractivity contribution in [2.24, 2.45) is 5.92 Å². The molecule has 1 aromatic rings. The Bertz CT molecular complexity index is 512. The summed E-state index contributed by atoms with van der Waals surface area (Å²) in [6, 6.07) is 9.00. The van der Waals surface area contributed by atoms with Gasteiger partial charge >= 0.3 is 0 Å². The maximum atomic E-state index is 12.9. The molecule has 0 aromatic heterocycles. The van der Waals surface area contributed by atoms with E-state index in [4.69, 9.17) is 0 Å². The third kappa shape index (κ3) is 2.42. The first-order valence-electron chi connectivity index (χ1n) is 7.05. The molecule has 0 bridgehead atoms. The quantitative estimate of drug-likeness (QED) is 0.915. The van der Waals surface area contributed by atoms with E-state index in [1.54, 1.807) is 18.7 Å². The van der Waals surface area contributed by atoms with Gasteiger partial charge in [-0.15, -0.1) is 0 Å². The van der Waals surface area contributed by atoms with Gasteiger partial charge in [-0.2, -0.15) is 0 Å². The van der Waals surface area contributed by atoms with Gasteiger partial charge in [0, 0.05) is 6.54 Å². The topological polar surface area (TPSA) is 49.4 Å². The summed E-state index contributed by atoms with van der Waals surface area (Å²) in [6.07, 6.45) is 0. The summed E-state index contributed by atoms with van der Waals surface area (Å²) in [4.78, 5) is 26.8. The van der Waals surface area contributed by atoms with Crippen LogP contribution < -0.4 is 5.32 Å². The number of rotatable bonds is 3. The highest BCUT2D eigenvalue weighted by molar-refractivity contribution is 6.00. The number of benzene rings is 1. The zero-order valence-corrected chi connectivity index (χ0v) is 12.5. The van der Waals surface area contributed by atoms with Gasteiger partial charge in [-0.25, -0.2) is 0 Å². The van der Waals surface area contributed by atoms with Crippen LogP contribution in [-0.4, -0.2) is 29.3 Å². The molecule has 4 nitrogen and oxygen atoms in total. The molecule has 1 N–H and O–H groups in total. The Hall–Kier alpha value is -1.84. The fourth-order valence-corrected chi connectivity index (χ4v) is 2.61. The molecule has 1 aliphatic heterocycles. The van der Waals surface area contributed by atoms with Crippen LogP contribution in [0.3, 0.4) is 0 Å². The Morgan fingerprint density at radius 3 is 2.40 bits per heavy atom. The first-order valence-corrected chi connectivity index (χ1v) is 7.05. The summed E-state index contributed by atoms with van der Waals surface area (Å²) in [5, 5.41) is 2.88. The van der Waals surface area contributed by atoms with Gasteiger partial charge in [0.2, 0.25) is 5.91 Å². The molecule has 2 atom stereocenters. The molecule has 0 aliphatic carbocycles. The van der Waals surface area contributed by atoms with Gasteiger partial charge < -0.3 is 10.2 Å². The lowest BCUT2D eigenvalue weighted by molar-refractivity contribution is -0.154. The predicted molar refractivity (Wildman–Crippen MR) is 77.9 cm³/mol. The van der Waals surface area contributed by atoms with E-state index in [2.05, 4.69) is 5.32 Å². The Labute approximate surface area is 120 Å². The molecular formula is C16H22N2O2. The first-order chi connectivity index (χ1) is 9.36. The minimum Gasteiger partial charge on any atom is -0.336 e. The second kappa shape index (κ2) is 5.27. The molecule has 4 heteroatoms. The van der Waals surface area contributed by atoms with Crippen LogP contribution in [0, 0.1) is 5.92 Å². The van der Waals surface area contributed by atoms with Crippen LogP contribution in [0.4, 0.5) is 0 Å². The molecular weight excluding hydrogens is 252 g/mol. The molecule has 1 aromatic carbocycles. The van der Waals surface area contributed by atoms with Gasteiger partial charge in [0.05, 0.1) is 0 Å². The lowest BCUT2D eigenvalue weighted by atomic mass is 9.86. The Morgan fingerprint density at radius 1 is 1.25 bits per heavy atom. The molecule has 108 valence electrons. The average Bonchev–Trinajstić information content (AvgIpc) is 2.42. The van der Waals surface area contributed by atoms with Crippen molar-refractivity contribution in [3.63, 3.8) is 0 Å². The number of hydrogen-bond donors (Lipinski definition) is 1. The highest BCUT2D eigenvalue weighted by Crippen LogP contribution is 2.28. The Balaban J connectivity index is 2.40. The zero-order chi connectivity index (χ0) is 14.9. The lowest BCUT2D eigenvalue weighted by Gasteiger charge is -2.44. The summed E-state index contributed by atoms with van der Waals surface area (Å²) in [6.45, 7) is 8.25. The Morgan fingerprint density at radius 2 is 1.85 bits per heavy atom. The number of nitrogens with zero attached hydrogens (tertiary/aromatic N) is 1. The second-order valence-electron chi connectivity index (χ2n) is 6.01. The van der Waals surface area contributed by atoms with Crippen molar-refractivity contribution in [2.75, 3.05) is 6.54 Å². The third-order valence-corrected chi connectivity index (χ3v) is 3.82.